The van der Waals surface area contributed by atoms with Crippen molar-refractivity contribution < 1.29 is 4.79 Å². The summed E-state index contributed by atoms with van der Waals surface area (Å²) >= 11 is 0. The number of rotatable bonds is 2. The number of piperazine rings is 1. The Balaban J connectivity index is 1.21. The molecule has 32 heavy (non-hydrogen) atoms. The van der Waals surface area contributed by atoms with Crippen LogP contribution in [0.3, 0.4) is 0 Å². The molecule has 0 radical (unpaired) electrons. The SMILES string of the molecule is Cn1ncc2c(N3CCN(C(=O)c4ccc5[nH]c6c(c5c4)CCCCC6)CC3)ncnc21. The highest BCUT2D eigenvalue weighted by Crippen LogP contribution is 2.30. The fourth-order valence-corrected chi connectivity index (χ4v) is 5.22. The van der Waals surface area contributed by atoms with Gasteiger partial charge in [0.05, 0.1) is 11.6 Å². The number of carbonyl (C=O) groups excluding carboxylic acids is 1. The van der Waals surface area contributed by atoms with E-state index in [1.54, 1.807) is 11.0 Å². The van der Waals surface area contributed by atoms with Crippen LogP contribution in [0.2, 0.25) is 0 Å². The van der Waals surface area contributed by atoms with Crippen LogP contribution < -0.4 is 4.90 Å². The number of H-pyrrole nitrogens is 1. The Morgan fingerprint density at radius 3 is 2.72 bits per heavy atom. The van der Waals surface area contributed by atoms with Gasteiger partial charge in [-0.1, -0.05) is 6.42 Å². The minimum atomic E-state index is 0.115. The van der Waals surface area contributed by atoms with Crippen molar-refractivity contribution in [2.45, 2.75) is 32.1 Å². The number of aromatic amines is 1. The Morgan fingerprint density at radius 2 is 1.84 bits per heavy atom. The molecule has 4 heterocycles. The molecule has 0 bridgehead atoms. The quantitative estimate of drug-likeness (QED) is 0.495. The molecule has 1 aromatic carbocycles. The summed E-state index contributed by atoms with van der Waals surface area (Å²) in [7, 11) is 1.88. The summed E-state index contributed by atoms with van der Waals surface area (Å²) < 4.78 is 1.76. The highest BCUT2D eigenvalue weighted by molar-refractivity contribution is 5.99. The summed E-state index contributed by atoms with van der Waals surface area (Å²) in [5.41, 5.74) is 5.55. The summed E-state index contributed by atoms with van der Waals surface area (Å²) in [6, 6.07) is 6.15. The number of fused-ring (bicyclic) bond motifs is 4. The van der Waals surface area contributed by atoms with Crippen LogP contribution in [0.1, 0.15) is 40.9 Å². The Labute approximate surface area is 186 Å². The molecular formula is C24H27N7O. The average Bonchev–Trinajstić information content (AvgIpc) is 3.29. The smallest absolute Gasteiger partial charge is 0.253 e. The van der Waals surface area contributed by atoms with Crippen molar-refractivity contribution in [1.82, 2.24) is 29.6 Å². The molecule has 164 valence electrons. The first-order valence-corrected chi connectivity index (χ1v) is 11.5. The van der Waals surface area contributed by atoms with Gasteiger partial charge in [0.15, 0.2) is 5.65 Å². The summed E-state index contributed by atoms with van der Waals surface area (Å²) in [5, 5.41) is 6.49. The predicted octanol–water partition coefficient (Wildman–Crippen LogP) is 3.08. The first-order chi connectivity index (χ1) is 15.7. The van der Waals surface area contributed by atoms with Crippen LogP contribution in [-0.4, -0.2) is 61.7 Å². The van der Waals surface area contributed by atoms with E-state index in [1.165, 1.54) is 35.9 Å². The number of aryl methyl sites for hydroxylation is 3. The summed E-state index contributed by atoms with van der Waals surface area (Å²) in [6.45, 7) is 2.84. The van der Waals surface area contributed by atoms with E-state index in [0.717, 1.165) is 53.9 Å². The van der Waals surface area contributed by atoms with Crippen LogP contribution in [0.5, 0.6) is 0 Å². The molecule has 6 rings (SSSR count). The summed E-state index contributed by atoms with van der Waals surface area (Å²) in [5.74, 6) is 1.01. The third-order valence-electron chi connectivity index (χ3n) is 6.97. The number of benzene rings is 1. The van der Waals surface area contributed by atoms with Crippen LogP contribution in [-0.2, 0) is 19.9 Å². The minimum absolute atomic E-state index is 0.115. The molecule has 3 aromatic heterocycles. The Hall–Kier alpha value is -3.42. The van der Waals surface area contributed by atoms with E-state index in [-0.39, 0.29) is 5.91 Å². The Morgan fingerprint density at radius 1 is 1.00 bits per heavy atom. The van der Waals surface area contributed by atoms with Gasteiger partial charge in [0.2, 0.25) is 0 Å². The zero-order chi connectivity index (χ0) is 21.7. The van der Waals surface area contributed by atoms with Gasteiger partial charge in [0.1, 0.15) is 12.1 Å². The third-order valence-corrected chi connectivity index (χ3v) is 6.97. The second-order valence-corrected chi connectivity index (χ2v) is 8.89. The molecule has 0 spiro atoms. The van der Waals surface area contributed by atoms with Crippen LogP contribution in [0.25, 0.3) is 21.9 Å². The molecular weight excluding hydrogens is 402 g/mol. The van der Waals surface area contributed by atoms with Gasteiger partial charge in [-0.05, 0) is 49.4 Å². The van der Waals surface area contributed by atoms with E-state index in [0.29, 0.717) is 13.1 Å². The molecule has 2 aliphatic rings. The maximum Gasteiger partial charge on any atom is 0.253 e. The number of anilines is 1. The molecule has 1 N–H and O–H groups in total. The van der Waals surface area contributed by atoms with Crippen molar-refractivity contribution in [3.05, 3.63) is 47.5 Å². The number of carbonyl (C=O) groups is 1. The van der Waals surface area contributed by atoms with Crippen molar-refractivity contribution in [2.24, 2.45) is 7.05 Å². The lowest BCUT2D eigenvalue weighted by Gasteiger charge is -2.35. The van der Waals surface area contributed by atoms with Crippen LogP contribution in [0.15, 0.2) is 30.7 Å². The van der Waals surface area contributed by atoms with Crippen LogP contribution in [0.4, 0.5) is 5.82 Å². The van der Waals surface area contributed by atoms with Crippen molar-refractivity contribution >= 4 is 33.7 Å². The minimum Gasteiger partial charge on any atom is -0.358 e. The number of hydrogen-bond acceptors (Lipinski definition) is 5. The fourth-order valence-electron chi connectivity index (χ4n) is 5.22. The predicted molar refractivity (Wildman–Crippen MR) is 124 cm³/mol. The molecule has 8 heteroatoms. The van der Waals surface area contributed by atoms with Crippen molar-refractivity contribution in [2.75, 3.05) is 31.1 Å². The standard InChI is InChI=1S/C24H27N7O/c1-29-22-19(14-27-29)23(26-15-25-22)30-9-11-31(12-10-30)24(32)16-7-8-21-18(13-16)17-5-3-2-4-6-20(17)28-21/h7-8,13-15,28H,2-6,9-12H2,1H3. The third kappa shape index (κ3) is 3.13. The second-order valence-electron chi connectivity index (χ2n) is 8.89. The second kappa shape index (κ2) is 7.62. The lowest BCUT2D eigenvalue weighted by molar-refractivity contribution is 0.0747. The maximum absolute atomic E-state index is 13.3. The van der Waals surface area contributed by atoms with Gasteiger partial charge in [-0.3, -0.25) is 9.48 Å². The average molecular weight is 430 g/mol. The van der Waals surface area contributed by atoms with Gasteiger partial charge in [0.25, 0.3) is 5.91 Å². The van der Waals surface area contributed by atoms with Gasteiger partial charge < -0.3 is 14.8 Å². The molecule has 8 nitrogen and oxygen atoms in total. The molecule has 1 saturated heterocycles. The van der Waals surface area contributed by atoms with E-state index >= 15 is 0 Å². The Bertz CT molecular complexity index is 1310. The van der Waals surface area contributed by atoms with E-state index in [4.69, 9.17) is 0 Å². The molecule has 1 fully saturated rings. The number of nitrogens with zero attached hydrogens (tertiary/aromatic N) is 6. The van der Waals surface area contributed by atoms with Gasteiger partial charge in [-0.2, -0.15) is 5.10 Å². The summed E-state index contributed by atoms with van der Waals surface area (Å²) in [6.07, 6.45) is 9.38. The number of hydrogen-bond donors (Lipinski definition) is 1. The van der Waals surface area contributed by atoms with Crippen molar-refractivity contribution in [3.63, 3.8) is 0 Å². The zero-order valence-electron chi connectivity index (χ0n) is 18.3. The maximum atomic E-state index is 13.3. The largest absolute Gasteiger partial charge is 0.358 e. The van der Waals surface area contributed by atoms with E-state index in [1.807, 2.05) is 24.2 Å². The molecule has 0 atom stereocenters. The van der Waals surface area contributed by atoms with Gasteiger partial charge in [-0.15, -0.1) is 0 Å². The molecule has 1 aliphatic carbocycles. The Kier molecular flexibility index (Phi) is 4.59. The van der Waals surface area contributed by atoms with Crippen LogP contribution >= 0.6 is 0 Å². The van der Waals surface area contributed by atoms with E-state index in [9.17, 15) is 4.79 Å². The lowest BCUT2D eigenvalue weighted by atomic mass is 10.0. The highest BCUT2D eigenvalue weighted by Gasteiger charge is 2.25. The number of amides is 1. The fraction of sp³-hybridized carbons (Fsp3) is 0.417. The zero-order valence-corrected chi connectivity index (χ0v) is 18.3. The molecule has 1 aliphatic heterocycles. The van der Waals surface area contributed by atoms with Crippen molar-refractivity contribution in [1.29, 1.82) is 0 Å². The van der Waals surface area contributed by atoms with Gasteiger partial charge >= 0.3 is 0 Å². The summed E-state index contributed by atoms with van der Waals surface area (Å²) in [4.78, 5) is 29.9. The van der Waals surface area contributed by atoms with Gasteiger partial charge in [0, 0.05) is 55.4 Å². The van der Waals surface area contributed by atoms with E-state index < -0.39 is 0 Å². The lowest BCUT2D eigenvalue weighted by Crippen LogP contribution is -2.49. The van der Waals surface area contributed by atoms with Crippen molar-refractivity contribution in [3.8, 4) is 0 Å². The van der Waals surface area contributed by atoms with Crippen LogP contribution in [0, 0.1) is 0 Å². The normalized spacial score (nSPS) is 17.0. The molecule has 0 unspecified atom stereocenters. The van der Waals surface area contributed by atoms with Gasteiger partial charge in [-0.25, -0.2) is 9.97 Å². The topological polar surface area (TPSA) is 82.9 Å². The molecule has 0 saturated carbocycles. The number of nitrogens with one attached hydrogen (secondary N) is 1. The first-order valence-electron chi connectivity index (χ1n) is 11.5. The molecule has 4 aromatic rings. The number of aromatic nitrogens is 5. The molecule has 1 amide bonds. The highest BCUT2D eigenvalue weighted by atomic mass is 16.2. The first kappa shape index (κ1) is 19.3. The monoisotopic (exact) mass is 429 g/mol. The van der Waals surface area contributed by atoms with E-state index in [2.05, 4.69) is 37.1 Å².